The van der Waals surface area contributed by atoms with E-state index < -0.39 is 5.97 Å². The van der Waals surface area contributed by atoms with Crippen molar-refractivity contribution in [3.05, 3.63) is 34.2 Å². The van der Waals surface area contributed by atoms with Crippen LogP contribution in [0.3, 0.4) is 0 Å². The fourth-order valence-electron chi connectivity index (χ4n) is 1.97. The van der Waals surface area contributed by atoms with E-state index in [0.29, 0.717) is 22.4 Å². The van der Waals surface area contributed by atoms with Crippen molar-refractivity contribution < 1.29 is 23.8 Å². The number of aliphatic carboxylic acids is 1. The molecule has 6 nitrogen and oxygen atoms in total. The molecule has 0 atom stereocenters. The first kappa shape index (κ1) is 13.9. The minimum absolute atomic E-state index is 0.121. The van der Waals surface area contributed by atoms with Gasteiger partial charge in [-0.1, -0.05) is 0 Å². The second-order valence-electron chi connectivity index (χ2n) is 4.16. The van der Waals surface area contributed by atoms with Crippen molar-refractivity contribution in [3.8, 4) is 11.5 Å². The number of aryl methyl sites for hydroxylation is 1. The number of hydrogen-bond acceptors (Lipinski definition) is 5. The zero-order valence-electron chi connectivity index (χ0n) is 11.1. The Labute approximate surface area is 114 Å². The van der Waals surface area contributed by atoms with Gasteiger partial charge in [-0.2, -0.15) is 0 Å². The summed E-state index contributed by atoms with van der Waals surface area (Å²) in [5, 5.41) is 9.00. The fraction of sp³-hybridized carbons (Fsp3) is 0.286. The van der Waals surface area contributed by atoms with Gasteiger partial charge in [0.1, 0.15) is 0 Å². The molecule has 2 aromatic rings. The summed E-state index contributed by atoms with van der Waals surface area (Å²) in [5.74, 6) is -0.162. The maximum atomic E-state index is 12.3. The Bertz CT molecular complexity index is 701. The lowest BCUT2D eigenvalue weighted by Gasteiger charge is -2.09. The summed E-state index contributed by atoms with van der Waals surface area (Å²) in [5.41, 5.74) is 0.358. The molecule has 20 heavy (non-hydrogen) atoms. The van der Waals surface area contributed by atoms with Crippen LogP contribution in [0, 0.1) is 0 Å². The van der Waals surface area contributed by atoms with Crippen molar-refractivity contribution in [2.75, 3.05) is 14.2 Å². The highest BCUT2D eigenvalue weighted by Gasteiger charge is 2.15. The summed E-state index contributed by atoms with van der Waals surface area (Å²) in [6, 6.07) is 3.19. The zero-order chi connectivity index (χ0) is 14.7. The quantitative estimate of drug-likeness (QED) is 0.898. The largest absolute Gasteiger partial charge is 0.493 e. The zero-order valence-corrected chi connectivity index (χ0v) is 11.1. The standard InChI is InChI=1S/C14H14O6/c1-18-10-5-4-9-12(17)8(3-6-11(15)16)7-20-13(9)14(10)19-2/h4-5,7H,3,6H2,1-2H3,(H,15,16). The van der Waals surface area contributed by atoms with Crippen LogP contribution in [0.15, 0.2) is 27.6 Å². The Morgan fingerprint density at radius 2 is 2.05 bits per heavy atom. The second-order valence-corrected chi connectivity index (χ2v) is 4.16. The van der Waals surface area contributed by atoms with Crippen LogP contribution in [-0.2, 0) is 11.2 Å². The predicted molar refractivity (Wildman–Crippen MR) is 71.5 cm³/mol. The predicted octanol–water partition coefficient (Wildman–Crippen LogP) is 1.83. The van der Waals surface area contributed by atoms with Gasteiger partial charge >= 0.3 is 5.97 Å². The number of rotatable bonds is 5. The summed E-state index contributed by atoms with van der Waals surface area (Å²) >= 11 is 0. The third-order valence-electron chi connectivity index (χ3n) is 2.96. The molecule has 0 amide bonds. The van der Waals surface area contributed by atoms with Crippen molar-refractivity contribution in [1.29, 1.82) is 0 Å². The minimum Gasteiger partial charge on any atom is -0.493 e. The second kappa shape index (κ2) is 5.64. The molecular formula is C14H14O6. The van der Waals surface area contributed by atoms with Crippen LogP contribution in [0.5, 0.6) is 11.5 Å². The van der Waals surface area contributed by atoms with E-state index in [-0.39, 0.29) is 23.9 Å². The lowest BCUT2D eigenvalue weighted by Crippen LogP contribution is -2.11. The van der Waals surface area contributed by atoms with Gasteiger partial charge in [-0.05, 0) is 18.6 Å². The van der Waals surface area contributed by atoms with Crippen LogP contribution in [0.4, 0.5) is 0 Å². The highest BCUT2D eigenvalue weighted by molar-refractivity contribution is 5.85. The molecule has 0 saturated heterocycles. The number of fused-ring (bicyclic) bond motifs is 1. The summed E-state index contributed by atoms with van der Waals surface area (Å²) in [6.07, 6.45) is 1.28. The monoisotopic (exact) mass is 278 g/mol. The van der Waals surface area contributed by atoms with Crippen molar-refractivity contribution in [3.63, 3.8) is 0 Å². The highest BCUT2D eigenvalue weighted by Crippen LogP contribution is 2.34. The van der Waals surface area contributed by atoms with E-state index in [1.165, 1.54) is 20.5 Å². The molecule has 6 heteroatoms. The summed E-state index contributed by atoms with van der Waals surface area (Å²) in [6.45, 7) is 0. The molecule has 1 N–H and O–H groups in total. The Balaban J connectivity index is 2.57. The van der Waals surface area contributed by atoms with Crippen molar-refractivity contribution >= 4 is 16.9 Å². The molecule has 0 fully saturated rings. The summed E-state index contributed by atoms with van der Waals surface area (Å²) < 4.78 is 15.7. The third kappa shape index (κ3) is 2.45. The number of carboxylic acid groups (broad SMARTS) is 1. The molecule has 0 spiro atoms. The topological polar surface area (TPSA) is 86.0 Å². The Kier molecular flexibility index (Phi) is 3.93. The molecule has 1 aromatic heterocycles. The van der Waals surface area contributed by atoms with Crippen molar-refractivity contribution in [1.82, 2.24) is 0 Å². The van der Waals surface area contributed by atoms with E-state index in [1.54, 1.807) is 12.1 Å². The van der Waals surface area contributed by atoms with Gasteiger partial charge in [-0.25, -0.2) is 0 Å². The molecule has 106 valence electrons. The normalized spacial score (nSPS) is 10.5. The molecule has 0 saturated carbocycles. The Morgan fingerprint density at radius 3 is 2.65 bits per heavy atom. The van der Waals surface area contributed by atoms with Crippen LogP contribution >= 0.6 is 0 Å². The van der Waals surface area contributed by atoms with Gasteiger partial charge in [0, 0.05) is 12.0 Å². The summed E-state index contributed by atoms with van der Waals surface area (Å²) in [7, 11) is 2.94. The van der Waals surface area contributed by atoms with Crippen LogP contribution in [-0.4, -0.2) is 25.3 Å². The molecule has 0 bridgehead atoms. The SMILES string of the molecule is COc1ccc2c(=O)c(CCC(=O)O)coc2c1OC. The number of ether oxygens (including phenoxy) is 2. The van der Waals surface area contributed by atoms with Crippen LogP contribution in [0.25, 0.3) is 11.0 Å². The molecule has 0 aliphatic rings. The molecule has 0 unspecified atom stereocenters. The number of carboxylic acids is 1. The lowest BCUT2D eigenvalue weighted by atomic mass is 10.1. The van der Waals surface area contributed by atoms with Crippen LogP contribution in [0.2, 0.25) is 0 Å². The number of carbonyl (C=O) groups is 1. The fourth-order valence-corrected chi connectivity index (χ4v) is 1.97. The Hall–Kier alpha value is -2.50. The first-order valence-corrected chi connectivity index (χ1v) is 5.95. The van der Waals surface area contributed by atoms with E-state index >= 15 is 0 Å². The molecule has 0 aliphatic carbocycles. The molecule has 2 rings (SSSR count). The van der Waals surface area contributed by atoms with Gasteiger partial charge in [0.15, 0.2) is 16.8 Å². The molecule has 0 aliphatic heterocycles. The van der Waals surface area contributed by atoms with Gasteiger partial charge < -0.3 is 19.0 Å². The van der Waals surface area contributed by atoms with E-state index in [0.717, 1.165) is 0 Å². The van der Waals surface area contributed by atoms with E-state index in [2.05, 4.69) is 0 Å². The number of hydrogen-bond donors (Lipinski definition) is 1. The average molecular weight is 278 g/mol. The van der Waals surface area contributed by atoms with Crippen LogP contribution < -0.4 is 14.9 Å². The van der Waals surface area contributed by atoms with Crippen molar-refractivity contribution in [2.45, 2.75) is 12.8 Å². The first-order chi connectivity index (χ1) is 9.58. The average Bonchev–Trinajstić information content (AvgIpc) is 2.45. The maximum absolute atomic E-state index is 12.3. The van der Waals surface area contributed by atoms with E-state index in [9.17, 15) is 9.59 Å². The lowest BCUT2D eigenvalue weighted by molar-refractivity contribution is -0.136. The summed E-state index contributed by atoms with van der Waals surface area (Å²) in [4.78, 5) is 22.8. The Morgan fingerprint density at radius 1 is 1.30 bits per heavy atom. The van der Waals surface area contributed by atoms with Gasteiger partial charge in [-0.3, -0.25) is 9.59 Å². The molecular weight excluding hydrogens is 264 g/mol. The smallest absolute Gasteiger partial charge is 0.303 e. The first-order valence-electron chi connectivity index (χ1n) is 5.95. The van der Waals surface area contributed by atoms with Gasteiger partial charge in [0.2, 0.25) is 5.75 Å². The molecule has 0 radical (unpaired) electrons. The van der Waals surface area contributed by atoms with Gasteiger partial charge in [-0.15, -0.1) is 0 Å². The van der Waals surface area contributed by atoms with Gasteiger partial charge in [0.25, 0.3) is 0 Å². The van der Waals surface area contributed by atoms with Gasteiger partial charge in [0.05, 0.1) is 25.9 Å². The van der Waals surface area contributed by atoms with E-state index in [4.69, 9.17) is 19.0 Å². The number of methoxy groups -OCH3 is 2. The van der Waals surface area contributed by atoms with Crippen molar-refractivity contribution in [2.24, 2.45) is 0 Å². The molecule has 1 aromatic carbocycles. The van der Waals surface area contributed by atoms with Crippen LogP contribution in [0.1, 0.15) is 12.0 Å². The minimum atomic E-state index is -0.961. The third-order valence-corrected chi connectivity index (χ3v) is 2.96. The van der Waals surface area contributed by atoms with E-state index in [1.807, 2.05) is 0 Å². The molecule has 1 heterocycles. The highest BCUT2D eigenvalue weighted by atomic mass is 16.5. The maximum Gasteiger partial charge on any atom is 0.303 e. The number of benzene rings is 1.